The molecule has 1 saturated heterocycles. The molecule has 5 rings (SSSR count). The molecule has 2 aliphatic heterocycles. The SMILES string of the molecule is Cc1[nH]nc2c1C(=O)N(CCF)C1(C)CC=C(c3ccc(CN4CCCC4)s3)C=C21. The van der Waals surface area contributed by atoms with Crippen LogP contribution in [0.25, 0.3) is 11.1 Å². The third kappa shape index (κ3) is 3.06. The predicted molar refractivity (Wildman–Crippen MR) is 118 cm³/mol. The van der Waals surface area contributed by atoms with E-state index in [0.717, 1.165) is 23.5 Å². The molecule has 0 aromatic carbocycles. The number of aromatic amines is 1. The van der Waals surface area contributed by atoms with Crippen molar-refractivity contribution in [1.82, 2.24) is 20.0 Å². The number of allylic oxidation sites excluding steroid dienone is 2. The lowest BCUT2D eigenvalue weighted by Gasteiger charge is -2.46. The molecule has 1 unspecified atom stereocenters. The van der Waals surface area contributed by atoms with Gasteiger partial charge in [0.2, 0.25) is 0 Å². The van der Waals surface area contributed by atoms with Gasteiger partial charge in [-0.1, -0.05) is 6.08 Å². The van der Waals surface area contributed by atoms with Crippen molar-refractivity contribution < 1.29 is 9.18 Å². The van der Waals surface area contributed by atoms with E-state index in [1.54, 1.807) is 4.90 Å². The van der Waals surface area contributed by atoms with Crippen LogP contribution in [0.15, 0.2) is 24.3 Å². The Hall–Kier alpha value is -2.25. The Kier molecular flexibility index (Phi) is 4.90. The monoisotopic (exact) mass is 426 g/mol. The molecule has 158 valence electrons. The molecule has 1 aliphatic carbocycles. The molecular weight excluding hydrogens is 399 g/mol. The molecule has 0 spiro atoms. The maximum atomic E-state index is 13.3. The van der Waals surface area contributed by atoms with Gasteiger partial charge in [0, 0.05) is 27.6 Å². The van der Waals surface area contributed by atoms with Gasteiger partial charge in [0.25, 0.3) is 5.91 Å². The van der Waals surface area contributed by atoms with E-state index >= 15 is 0 Å². The number of H-pyrrole nitrogens is 1. The lowest BCUT2D eigenvalue weighted by atomic mass is 9.75. The van der Waals surface area contributed by atoms with Crippen molar-refractivity contribution in [3.63, 3.8) is 0 Å². The lowest BCUT2D eigenvalue weighted by molar-refractivity contribution is 0.0580. The number of rotatable bonds is 5. The lowest BCUT2D eigenvalue weighted by Crippen LogP contribution is -2.55. The topological polar surface area (TPSA) is 52.2 Å². The first-order valence-corrected chi connectivity index (χ1v) is 11.5. The summed E-state index contributed by atoms with van der Waals surface area (Å²) >= 11 is 1.84. The summed E-state index contributed by atoms with van der Waals surface area (Å²) < 4.78 is 13.3. The van der Waals surface area contributed by atoms with E-state index in [2.05, 4.69) is 39.4 Å². The molecule has 0 bridgehead atoms. The van der Waals surface area contributed by atoms with Gasteiger partial charge in [0.1, 0.15) is 12.4 Å². The molecule has 7 heteroatoms. The molecule has 2 aromatic heterocycles. The second kappa shape index (κ2) is 7.46. The second-order valence-electron chi connectivity index (χ2n) is 8.66. The maximum Gasteiger partial charge on any atom is 0.258 e. The minimum atomic E-state index is -0.572. The van der Waals surface area contributed by atoms with Crippen molar-refractivity contribution in [2.75, 3.05) is 26.3 Å². The average Bonchev–Trinajstić information content (AvgIpc) is 3.48. The first-order chi connectivity index (χ1) is 14.5. The Morgan fingerprint density at radius 1 is 1.30 bits per heavy atom. The Morgan fingerprint density at radius 2 is 2.10 bits per heavy atom. The number of hydrogen-bond donors (Lipinski definition) is 1. The van der Waals surface area contributed by atoms with Gasteiger partial charge in [0.15, 0.2) is 0 Å². The Balaban J connectivity index is 1.50. The number of aromatic nitrogens is 2. The number of aryl methyl sites for hydroxylation is 1. The molecule has 4 heterocycles. The van der Waals surface area contributed by atoms with Crippen LogP contribution in [0, 0.1) is 6.92 Å². The summed E-state index contributed by atoms with van der Waals surface area (Å²) in [7, 11) is 0. The van der Waals surface area contributed by atoms with Gasteiger partial charge in [-0.05, 0) is 70.0 Å². The molecule has 3 aliphatic rings. The summed E-state index contributed by atoms with van der Waals surface area (Å²) in [5.41, 5.74) is 3.63. The zero-order valence-electron chi connectivity index (χ0n) is 17.5. The molecule has 1 amide bonds. The van der Waals surface area contributed by atoms with Crippen LogP contribution in [0.5, 0.6) is 0 Å². The first-order valence-electron chi connectivity index (χ1n) is 10.7. The van der Waals surface area contributed by atoms with Gasteiger partial charge in [-0.3, -0.25) is 14.8 Å². The Labute approximate surface area is 180 Å². The predicted octanol–water partition coefficient (Wildman–Crippen LogP) is 4.43. The van der Waals surface area contributed by atoms with Gasteiger partial charge in [0.05, 0.1) is 17.6 Å². The van der Waals surface area contributed by atoms with Crippen LogP contribution in [0.2, 0.25) is 0 Å². The highest BCUT2D eigenvalue weighted by molar-refractivity contribution is 7.13. The minimum absolute atomic E-state index is 0.0961. The van der Waals surface area contributed by atoms with E-state index in [1.165, 1.54) is 41.3 Å². The second-order valence-corrected chi connectivity index (χ2v) is 9.83. The number of alkyl halides is 1. The van der Waals surface area contributed by atoms with Gasteiger partial charge in [-0.2, -0.15) is 5.10 Å². The zero-order chi connectivity index (χ0) is 20.9. The number of amides is 1. The van der Waals surface area contributed by atoms with Crippen molar-refractivity contribution >= 4 is 28.4 Å². The van der Waals surface area contributed by atoms with Crippen LogP contribution in [-0.4, -0.2) is 57.8 Å². The minimum Gasteiger partial charge on any atom is -0.326 e. The molecule has 1 N–H and O–H groups in total. The first kappa shape index (κ1) is 19.7. The van der Waals surface area contributed by atoms with Crippen molar-refractivity contribution in [1.29, 1.82) is 0 Å². The van der Waals surface area contributed by atoms with Crippen LogP contribution in [0.4, 0.5) is 4.39 Å². The number of nitrogens with zero attached hydrogens (tertiary/aromatic N) is 3. The number of hydrogen-bond acceptors (Lipinski definition) is 4. The number of halogens is 1. The van der Waals surface area contributed by atoms with E-state index in [0.29, 0.717) is 12.0 Å². The fourth-order valence-electron chi connectivity index (χ4n) is 5.00. The number of thiophene rings is 1. The number of nitrogens with one attached hydrogen (secondary N) is 1. The summed E-state index contributed by atoms with van der Waals surface area (Å²) in [6, 6.07) is 4.43. The van der Waals surface area contributed by atoms with Crippen molar-refractivity contribution in [2.24, 2.45) is 0 Å². The van der Waals surface area contributed by atoms with Gasteiger partial charge in [-0.15, -0.1) is 11.3 Å². The third-order valence-corrected chi connectivity index (χ3v) is 7.81. The van der Waals surface area contributed by atoms with Gasteiger partial charge >= 0.3 is 0 Å². The smallest absolute Gasteiger partial charge is 0.258 e. The number of carbonyl (C=O) groups is 1. The van der Waals surface area contributed by atoms with E-state index in [-0.39, 0.29) is 12.5 Å². The van der Waals surface area contributed by atoms with Gasteiger partial charge < -0.3 is 4.90 Å². The van der Waals surface area contributed by atoms with Crippen molar-refractivity contribution in [2.45, 2.75) is 45.2 Å². The highest BCUT2D eigenvalue weighted by Crippen LogP contribution is 2.47. The number of fused-ring (bicyclic) bond motifs is 3. The molecule has 0 radical (unpaired) electrons. The highest BCUT2D eigenvalue weighted by atomic mass is 32.1. The Bertz CT molecular complexity index is 1050. The van der Waals surface area contributed by atoms with E-state index < -0.39 is 12.2 Å². The van der Waals surface area contributed by atoms with Crippen LogP contribution in [0.1, 0.15) is 57.7 Å². The molecule has 5 nitrogen and oxygen atoms in total. The molecule has 30 heavy (non-hydrogen) atoms. The maximum absolute atomic E-state index is 13.3. The van der Waals surface area contributed by atoms with Crippen molar-refractivity contribution in [3.8, 4) is 0 Å². The fourth-order valence-corrected chi connectivity index (χ4v) is 6.06. The van der Waals surface area contributed by atoms with Crippen LogP contribution in [-0.2, 0) is 6.54 Å². The number of likely N-dealkylation sites (tertiary alicyclic amines) is 1. The summed E-state index contributed by atoms with van der Waals surface area (Å²) in [5.74, 6) is -0.130. The summed E-state index contributed by atoms with van der Waals surface area (Å²) in [6.07, 6.45) is 7.61. The van der Waals surface area contributed by atoms with Crippen LogP contribution in [0.3, 0.4) is 0 Å². The van der Waals surface area contributed by atoms with Gasteiger partial charge in [-0.25, -0.2) is 4.39 Å². The third-order valence-electron chi connectivity index (χ3n) is 6.69. The summed E-state index contributed by atoms with van der Waals surface area (Å²) in [6.45, 7) is 6.83. The largest absolute Gasteiger partial charge is 0.326 e. The summed E-state index contributed by atoms with van der Waals surface area (Å²) in [5, 5.41) is 7.43. The van der Waals surface area contributed by atoms with Crippen molar-refractivity contribution in [3.05, 3.63) is 51.0 Å². The fraction of sp³-hybridized carbons (Fsp3) is 0.478. The normalized spacial score (nSPS) is 24.0. The highest BCUT2D eigenvalue weighted by Gasteiger charge is 2.47. The Morgan fingerprint density at radius 3 is 2.87 bits per heavy atom. The molecule has 0 saturated carbocycles. The molecule has 1 atom stereocenters. The van der Waals surface area contributed by atoms with E-state index in [4.69, 9.17) is 0 Å². The van der Waals surface area contributed by atoms with E-state index in [9.17, 15) is 9.18 Å². The summed E-state index contributed by atoms with van der Waals surface area (Å²) in [4.78, 5) is 19.9. The van der Waals surface area contributed by atoms with E-state index in [1.807, 2.05) is 25.2 Å². The molecule has 1 fully saturated rings. The number of carbonyl (C=O) groups excluding carboxylic acids is 1. The standard InChI is InChI=1S/C23H27FN4OS/c1-15-20-21(26-25-15)18-13-16(7-8-23(18,2)28(12-9-24)22(20)29)19-6-5-17(30-19)14-27-10-3-4-11-27/h5-7,13H,3-4,8-12,14H2,1-2H3,(H,25,26). The average molecular weight is 427 g/mol. The quantitative estimate of drug-likeness (QED) is 0.770. The zero-order valence-corrected chi connectivity index (χ0v) is 18.3. The molecule has 2 aromatic rings. The van der Waals surface area contributed by atoms with Crippen LogP contribution < -0.4 is 0 Å². The molecular formula is C23H27FN4OS. The van der Waals surface area contributed by atoms with Crippen LogP contribution >= 0.6 is 11.3 Å².